The van der Waals surface area contributed by atoms with Crippen molar-refractivity contribution in [2.45, 2.75) is 6.85 Å². The highest BCUT2D eigenvalue weighted by Gasteiger charge is 2.20. The van der Waals surface area contributed by atoms with E-state index in [-0.39, 0.29) is 5.56 Å². The largest absolute Gasteiger partial charge is 0.458 e. The first-order valence-electron chi connectivity index (χ1n) is 21.5. The molecule has 0 aliphatic rings. The van der Waals surface area contributed by atoms with Crippen LogP contribution in [0.3, 0.4) is 0 Å². The number of aromatic nitrogens is 4. The highest BCUT2D eigenvalue weighted by atomic mass is 16.5. The standard InChI is InChI=1S/C55H38N4O/c1-38-33-54(56-36-49(38)41-21-9-4-10-22-41)59-50-28-12-11-25-47(50)48-32-31-44(35-53(48)59)60-43-24-15-23-42(34-43)57-37-58(52-30-14-13-29-51(52)57)55-45(39-17-5-2-6-18-39)26-16-27-46(55)40-19-7-3-8-20-40/h2-36H,1H3/i1D3. The van der Waals surface area contributed by atoms with E-state index in [2.05, 4.69) is 125 Å². The first kappa shape index (κ1) is 32.0. The Balaban J connectivity index is 1.01. The molecule has 8 aromatic carbocycles. The average molecular weight is 774 g/mol. The molecule has 0 amide bonds. The summed E-state index contributed by atoms with van der Waals surface area (Å²) in [7, 11) is 0. The zero-order valence-electron chi connectivity index (χ0n) is 35.4. The van der Waals surface area contributed by atoms with Crippen molar-refractivity contribution < 1.29 is 13.4 Å². The van der Waals surface area contributed by atoms with E-state index in [1.165, 1.54) is 0 Å². The van der Waals surface area contributed by atoms with Crippen LogP contribution in [0.15, 0.2) is 212 Å². The van der Waals surface area contributed by atoms with Crippen molar-refractivity contribution in [3.05, 3.63) is 224 Å². The van der Waals surface area contributed by atoms with Crippen molar-refractivity contribution in [1.82, 2.24) is 14.1 Å². The third-order valence-electron chi connectivity index (χ3n) is 11.2. The van der Waals surface area contributed by atoms with Gasteiger partial charge in [0.1, 0.15) is 17.3 Å². The van der Waals surface area contributed by atoms with Crippen LogP contribution in [0.25, 0.3) is 83.4 Å². The number of fused-ring (bicyclic) bond motifs is 4. The minimum Gasteiger partial charge on any atom is -0.458 e. The highest BCUT2D eigenvalue weighted by Crippen LogP contribution is 2.37. The lowest BCUT2D eigenvalue weighted by Crippen LogP contribution is -2.31. The summed E-state index contributed by atoms with van der Waals surface area (Å²) >= 11 is 0. The molecule has 11 rings (SSSR count). The van der Waals surface area contributed by atoms with Gasteiger partial charge in [-0.15, -0.1) is 0 Å². The van der Waals surface area contributed by atoms with Crippen molar-refractivity contribution >= 4 is 32.8 Å². The molecule has 60 heavy (non-hydrogen) atoms. The Bertz CT molecular complexity index is 3410. The monoisotopic (exact) mass is 773 g/mol. The van der Waals surface area contributed by atoms with E-state index in [4.69, 9.17) is 13.8 Å². The minimum absolute atomic E-state index is 0.240. The maximum atomic E-state index is 8.50. The second kappa shape index (κ2) is 14.7. The summed E-state index contributed by atoms with van der Waals surface area (Å²) in [5, 5.41) is 2.03. The van der Waals surface area contributed by atoms with E-state index in [1.54, 1.807) is 12.3 Å². The Morgan fingerprint density at radius 1 is 0.517 bits per heavy atom. The third kappa shape index (κ3) is 6.12. The topological polar surface area (TPSA) is 35.9 Å². The molecule has 5 nitrogen and oxygen atoms in total. The van der Waals surface area contributed by atoms with Gasteiger partial charge in [-0.25, -0.2) is 4.98 Å². The molecule has 0 radical (unpaired) electrons. The number of rotatable bonds is 8. The second-order valence-corrected chi connectivity index (χ2v) is 14.8. The Morgan fingerprint density at radius 2 is 1.12 bits per heavy atom. The Kier molecular flexibility index (Phi) is 7.85. The number of hydrogen-bond acceptors (Lipinski definition) is 2. The molecule has 3 aromatic heterocycles. The van der Waals surface area contributed by atoms with Gasteiger partial charge in [-0.1, -0.05) is 158 Å². The first-order chi connectivity index (χ1) is 30.9. The van der Waals surface area contributed by atoms with Crippen molar-refractivity contribution in [1.29, 1.82) is 0 Å². The van der Waals surface area contributed by atoms with Crippen LogP contribution in [0.4, 0.5) is 0 Å². The maximum absolute atomic E-state index is 8.50. The number of hydrogen-bond donors (Lipinski definition) is 0. The molecular weight excluding hydrogens is 733 g/mol. The fraction of sp³-hybridized carbons (Fsp3) is 0.0182. The predicted octanol–water partition coefficient (Wildman–Crippen LogP) is 13.3. The van der Waals surface area contributed by atoms with Crippen LogP contribution in [0.2, 0.25) is 0 Å². The lowest BCUT2D eigenvalue weighted by atomic mass is 9.95. The minimum atomic E-state index is -2.36. The summed E-state index contributed by atoms with van der Waals surface area (Å²) in [5.41, 5.74) is 11.7. The molecule has 5 heteroatoms. The molecule has 284 valence electrons. The van der Waals surface area contributed by atoms with Crippen LogP contribution >= 0.6 is 0 Å². The molecule has 0 spiro atoms. The normalized spacial score (nSPS) is 12.4. The Morgan fingerprint density at radius 3 is 1.83 bits per heavy atom. The van der Waals surface area contributed by atoms with Crippen LogP contribution in [0, 0.1) is 13.2 Å². The van der Waals surface area contributed by atoms with Gasteiger partial charge in [0.2, 0.25) is 0 Å². The van der Waals surface area contributed by atoms with Gasteiger partial charge in [-0.2, -0.15) is 0 Å². The van der Waals surface area contributed by atoms with Gasteiger partial charge in [0, 0.05) is 32.7 Å². The quantitative estimate of drug-likeness (QED) is 0.114. The van der Waals surface area contributed by atoms with E-state index < -0.39 is 6.85 Å². The van der Waals surface area contributed by atoms with Gasteiger partial charge in [-0.05, 0) is 82.7 Å². The number of aryl methyl sites for hydroxylation is 1. The van der Waals surface area contributed by atoms with Gasteiger partial charge >= 0.3 is 0 Å². The molecular formula is C55H38N4O. The van der Waals surface area contributed by atoms with E-state index >= 15 is 0 Å². The van der Waals surface area contributed by atoms with E-state index in [0.29, 0.717) is 22.9 Å². The molecule has 0 bridgehead atoms. The lowest BCUT2D eigenvalue weighted by Gasteiger charge is -2.17. The third-order valence-corrected chi connectivity index (χ3v) is 11.2. The van der Waals surface area contributed by atoms with Gasteiger partial charge in [0.05, 0.1) is 33.4 Å². The summed E-state index contributed by atoms with van der Waals surface area (Å²) in [5.74, 6) is 1.79. The smallest absolute Gasteiger partial charge is 0.269 e. The van der Waals surface area contributed by atoms with Crippen molar-refractivity contribution in [2.75, 3.05) is 0 Å². The molecule has 0 aliphatic carbocycles. The molecule has 0 atom stereocenters. The zero-order chi connectivity index (χ0) is 42.5. The van der Waals surface area contributed by atoms with Crippen LogP contribution in [-0.4, -0.2) is 14.1 Å². The SMILES string of the molecule is [2H]C([2H])([2H])c1cc(-n2c3ccccc3c3ccc(Oc4cccc(-n5[c-][n+](-c6c(-c7ccccc7)cccc6-c6ccccc6)c6ccccc65)c4)cc32)ncc1-c1ccccc1. The van der Waals surface area contributed by atoms with Gasteiger partial charge < -0.3 is 4.74 Å². The Hall–Kier alpha value is -8.02. The van der Waals surface area contributed by atoms with Crippen LogP contribution in [-0.2, 0) is 0 Å². The van der Waals surface area contributed by atoms with Gasteiger partial charge in [0.25, 0.3) is 6.33 Å². The fourth-order valence-corrected chi connectivity index (χ4v) is 8.40. The number of pyridine rings is 1. The molecule has 3 heterocycles. The van der Waals surface area contributed by atoms with Crippen molar-refractivity contribution in [3.63, 3.8) is 0 Å². The van der Waals surface area contributed by atoms with E-state index in [1.807, 2.05) is 95.6 Å². The van der Waals surface area contributed by atoms with Crippen molar-refractivity contribution in [3.8, 4) is 62.1 Å². The first-order valence-corrected chi connectivity index (χ1v) is 20.0. The number of imidazole rings is 1. The van der Waals surface area contributed by atoms with Gasteiger partial charge in [-0.3, -0.25) is 13.7 Å². The summed E-state index contributed by atoms with van der Waals surface area (Å²) in [6.07, 6.45) is 5.43. The summed E-state index contributed by atoms with van der Waals surface area (Å²) in [6.45, 7) is -2.36. The van der Waals surface area contributed by atoms with E-state index in [9.17, 15) is 0 Å². The van der Waals surface area contributed by atoms with Crippen molar-refractivity contribution in [2.24, 2.45) is 0 Å². The van der Waals surface area contributed by atoms with E-state index in [0.717, 1.165) is 72.0 Å². The second-order valence-electron chi connectivity index (χ2n) is 14.8. The maximum Gasteiger partial charge on any atom is 0.269 e. The molecule has 0 saturated heterocycles. The van der Waals surface area contributed by atoms with Crippen LogP contribution in [0.1, 0.15) is 9.68 Å². The number of ether oxygens (including phenoxy) is 1. The molecule has 0 unspecified atom stereocenters. The summed E-state index contributed by atoms with van der Waals surface area (Å²) < 4.78 is 38.5. The summed E-state index contributed by atoms with van der Waals surface area (Å²) in [4.78, 5) is 4.89. The lowest BCUT2D eigenvalue weighted by molar-refractivity contribution is -0.571. The highest BCUT2D eigenvalue weighted by molar-refractivity contribution is 6.09. The molecule has 0 aliphatic heterocycles. The number of para-hydroxylation sites is 4. The number of nitrogens with zero attached hydrogens (tertiary/aromatic N) is 4. The fourth-order valence-electron chi connectivity index (χ4n) is 8.40. The summed E-state index contributed by atoms with van der Waals surface area (Å²) in [6, 6.07) is 69.3. The molecule has 0 saturated carbocycles. The predicted molar refractivity (Wildman–Crippen MR) is 243 cm³/mol. The Labute approximate surface area is 352 Å². The van der Waals surface area contributed by atoms with Crippen LogP contribution in [0.5, 0.6) is 11.5 Å². The zero-order valence-corrected chi connectivity index (χ0v) is 32.4. The van der Waals surface area contributed by atoms with Gasteiger partial charge in [0.15, 0.2) is 0 Å². The van der Waals surface area contributed by atoms with Crippen LogP contribution < -0.4 is 9.30 Å². The molecule has 11 aromatic rings. The average Bonchev–Trinajstić information content (AvgIpc) is 3.88. The number of benzene rings is 8. The molecule has 0 fully saturated rings. The molecule has 0 N–H and O–H groups in total.